The quantitative estimate of drug-likeness (QED) is 0.243. The maximum absolute atomic E-state index is 12.8. The zero-order valence-corrected chi connectivity index (χ0v) is 20.9. The SMILES string of the molecule is CC(C)CN1CC2C(CCC(=O)c3cc(Cl)c(N)c4cccnc34)C2C1.O=C(O)C(O)C(O)C(=O)O. The number of carbonyl (C=O) groups excluding carboxylic acids is 1. The van der Waals surface area contributed by atoms with Crippen molar-refractivity contribution in [1.82, 2.24) is 9.88 Å². The number of piperidine rings is 1. The highest BCUT2D eigenvalue weighted by molar-refractivity contribution is 6.35. The number of carbonyl (C=O) groups is 3. The van der Waals surface area contributed by atoms with Crippen LogP contribution in [-0.2, 0) is 9.59 Å². The Morgan fingerprint density at radius 1 is 1.14 bits per heavy atom. The van der Waals surface area contributed by atoms with Crippen molar-refractivity contribution in [3.63, 3.8) is 0 Å². The molecule has 4 unspecified atom stereocenters. The highest BCUT2D eigenvalue weighted by Gasteiger charge is 2.54. The van der Waals surface area contributed by atoms with Crippen LogP contribution in [0, 0.1) is 23.7 Å². The van der Waals surface area contributed by atoms with Crippen LogP contribution in [0.5, 0.6) is 0 Å². The smallest absolute Gasteiger partial charge is 0.335 e. The number of ketones is 1. The average Bonchev–Trinajstić information content (AvgIpc) is 3.29. The number of rotatable bonds is 9. The van der Waals surface area contributed by atoms with Gasteiger partial charge in [0, 0.05) is 43.2 Å². The summed E-state index contributed by atoms with van der Waals surface area (Å²) in [6.07, 6.45) is -1.30. The van der Waals surface area contributed by atoms with E-state index in [1.54, 1.807) is 12.3 Å². The van der Waals surface area contributed by atoms with E-state index >= 15 is 0 Å². The van der Waals surface area contributed by atoms with E-state index in [0.29, 0.717) is 34.1 Å². The molecule has 0 spiro atoms. The lowest BCUT2D eigenvalue weighted by atomic mass is 9.99. The van der Waals surface area contributed by atoms with Gasteiger partial charge in [0.2, 0.25) is 0 Å². The van der Waals surface area contributed by atoms with Crippen LogP contribution < -0.4 is 5.73 Å². The van der Waals surface area contributed by atoms with E-state index < -0.39 is 24.1 Å². The molecule has 1 saturated carbocycles. The van der Waals surface area contributed by atoms with Gasteiger partial charge in [-0.05, 0) is 48.3 Å². The molecule has 1 aliphatic carbocycles. The molecule has 10 nitrogen and oxygen atoms in total. The minimum absolute atomic E-state index is 0.125. The number of hydrogen-bond donors (Lipinski definition) is 5. The number of aromatic nitrogens is 1. The number of anilines is 1. The van der Waals surface area contributed by atoms with Gasteiger partial charge >= 0.3 is 11.9 Å². The third-order valence-corrected chi connectivity index (χ3v) is 7.07. The normalized spacial score (nSPS) is 22.4. The molecule has 0 radical (unpaired) electrons. The van der Waals surface area contributed by atoms with Gasteiger partial charge in [-0.1, -0.05) is 25.4 Å². The van der Waals surface area contributed by atoms with Crippen LogP contribution in [0.2, 0.25) is 5.02 Å². The molecule has 0 bridgehead atoms. The lowest BCUT2D eigenvalue weighted by Crippen LogP contribution is -2.39. The Morgan fingerprint density at radius 2 is 1.72 bits per heavy atom. The number of carboxylic acids is 2. The summed E-state index contributed by atoms with van der Waals surface area (Å²) in [5.74, 6) is -0.378. The predicted molar refractivity (Wildman–Crippen MR) is 134 cm³/mol. The van der Waals surface area contributed by atoms with Gasteiger partial charge in [-0.15, -0.1) is 0 Å². The fourth-order valence-corrected chi connectivity index (χ4v) is 5.20. The van der Waals surface area contributed by atoms with Crippen LogP contribution in [0.3, 0.4) is 0 Å². The predicted octanol–water partition coefficient (Wildman–Crippen LogP) is 2.14. The van der Waals surface area contributed by atoms with E-state index in [1.807, 2.05) is 12.1 Å². The Kier molecular flexibility index (Phi) is 8.89. The first-order valence-electron chi connectivity index (χ1n) is 11.8. The Bertz CT molecular complexity index is 1110. The molecule has 36 heavy (non-hydrogen) atoms. The molecule has 1 aromatic heterocycles. The van der Waals surface area contributed by atoms with Crippen LogP contribution >= 0.6 is 11.6 Å². The average molecular weight is 522 g/mol. The second-order valence-electron chi connectivity index (χ2n) is 9.85. The second kappa shape index (κ2) is 11.5. The number of aliphatic hydroxyl groups excluding tert-OH is 2. The second-order valence-corrected chi connectivity index (χ2v) is 10.3. The molecule has 4 atom stereocenters. The first-order chi connectivity index (χ1) is 16.9. The van der Waals surface area contributed by atoms with E-state index in [-0.39, 0.29) is 5.78 Å². The molecule has 2 aromatic rings. The molecular formula is C25H32ClN3O7. The number of halogens is 1. The fourth-order valence-electron chi connectivity index (χ4n) is 4.98. The number of Topliss-reactive ketones (excluding diaryl/α,β-unsaturated/α-hetero) is 1. The number of hydrogen-bond acceptors (Lipinski definition) is 8. The standard InChI is InChI=1S/C21H26ClN3O.C4H6O6/c1-12(2)9-25-10-16-13(17(16)11-25)5-6-19(26)15-8-18(22)20(23)14-4-3-7-24-21(14)15;5-1(3(7)8)2(6)4(9)10/h3-4,7-8,12-13,16-17H,5-6,9-11,23H2,1-2H3;1-2,5-6H,(H,7,8)(H,9,10). The van der Waals surface area contributed by atoms with Crippen LogP contribution in [0.4, 0.5) is 5.69 Å². The Labute approximate surface area is 213 Å². The molecule has 196 valence electrons. The summed E-state index contributed by atoms with van der Waals surface area (Å²) in [6, 6.07) is 5.37. The van der Waals surface area contributed by atoms with Crippen molar-refractivity contribution in [1.29, 1.82) is 0 Å². The zero-order chi connectivity index (χ0) is 26.7. The number of carboxylic acid groups (broad SMARTS) is 2. The molecule has 1 aliphatic heterocycles. The van der Waals surface area contributed by atoms with Gasteiger partial charge in [-0.2, -0.15) is 0 Å². The van der Waals surface area contributed by atoms with E-state index in [0.717, 1.165) is 29.6 Å². The highest BCUT2D eigenvalue weighted by Crippen LogP contribution is 2.54. The molecule has 2 heterocycles. The number of aliphatic carboxylic acids is 2. The fraction of sp³-hybridized carbons (Fsp3) is 0.520. The zero-order valence-electron chi connectivity index (χ0n) is 20.2. The van der Waals surface area contributed by atoms with Crippen LogP contribution in [0.15, 0.2) is 24.4 Å². The number of nitrogen functional groups attached to an aromatic ring is 1. The largest absolute Gasteiger partial charge is 0.479 e. The highest BCUT2D eigenvalue weighted by atomic mass is 35.5. The maximum Gasteiger partial charge on any atom is 0.335 e. The molecule has 0 amide bonds. The minimum atomic E-state index is -2.27. The summed E-state index contributed by atoms with van der Waals surface area (Å²) in [5, 5.41) is 33.7. The van der Waals surface area contributed by atoms with Gasteiger partial charge in [-0.25, -0.2) is 9.59 Å². The summed E-state index contributed by atoms with van der Waals surface area (Å²) in [7, 11) is 0. The number of fused-ring (bicyclic) bond motifs is 2. The van der Waals surface area contributed by atoms with E-state index in [2.05, 4.69) is 23.7 Å². The van der Waals surface area contributed by atoms with Crippen molar-refractivity contribution in [3.8, 4) is 0 Å². The van der Waals surface area contributed by atoms with Gasteiger partial charge in [-0.3, -0.25) is 9.78 Å². The molecule has 11 heteroatoms. The number of aliphatic hydroxyl groups is 2. The third kappa shape index (κ3) is 6.31. The number of nitrogens with zero attached hydrogens (tertiary/aromatic N) is 2. The topological polar surface area (TPSA) is 174 Å². The number of benzene rings is 1. The third-order valence-electron chi connectivity index (χ3n) is 6.76. The van der Waals surface area contributed by atoms with Crippen molar-refractivity contribution >= 4 is 45.9 Å². The van der Waals surface area contributed by atoms with Crippen LogP contribution in [0.25, 0.3) is 10.9 Å². The molecule has 2 fully saturated rings. The molecule has 2 aliphatic rings. The number of nitrogens with two attached hydrogens (primary N) is 1. The van der Waals surface area contributed by atoms with Crippen molar-refractivity contribution in [3.05, 3.63) is 35.0 Å². The molecular weight excluding hydrogens is 490 g/mol. The summed E-state index contributed by atoms with van der Waals surface area (Å²) in [6.45, 7) is 8.16. The van der Waals surface area contributed by atoms with Crippen molar-refractivity contribution in [2.45, 2.75) is 38.9 Å². The van der Waals surface area contributed by atoms with Crippen LogP contribution in [-0.4, -0.2) is 79.9 Å². The van der Waals surface area contributed by atoms with Crippen molar-refractivity contribution in [2.24, 2.45) is 23.7 Å². The van der Waals surface area contributed by atoms with Gasteiger partial charge in [0.05, 0.1) is 16.2 Å². The Hall–Kier alpha value is -2.79. The lowest BCUT2D eigenvalue weighted by molar-refractivity contribution is -0.165. The van der Waals surface area contributed by atoms with Crippen molar-refractivity contribution in [2.75, 3.05) is 25.4 Å². The monoisotopic (exact) mass is 521 g/mol. The van der Waals surface area contributed by atoms with Gasteiger partial charge < -0.3 is 31.1 Å². The number of likely N-dealkylation sites (tertiary alicyclic amines) is 1. The lowest BCUT2D eigenvalue weighted by Gasteiger charge is -2.21. The number of pyridine rings is 1. The summed E-state index contributed by atoms with van der Waals surface area (Å²) >= 11 is 6.24. The maximum atomic E-state index is 12.8. The molecule has 1 aromatic carbocycles. The van der Waals surface area contributed by atoms with Crippen molar-refractivity contribution < 1.29 is 34.8 Å². The summed E-state index contributed by atoms with van der Waals surface area (Å²) in [5.41, 5.74) is 7.80. The summed E-state index contributed by atoms with van der Waals surface area (Å²) < 4.78 is 0. The van der Waals surface area contributed by atoms with E-state index in [4.69, 9.17) is 37.8 Å². The first kappa shape index (κ1) is 27.8. The summed E-state index contributed by atoms with van der Waals surface area (Å²) in [4.78, 5) is 39.3. The molecule has 4 rings (SSSR count). The van der Waals surface area contributed by atoms with E-state index in [1.165, 1.54) is 19.6 Å². The molecule has 6 N–H and O–H groups in total. The van der Waals surface area contributed by atoms with Gasteiger partial charge in [0.15, 0.2) is 18.0 Å². The molecule has 1 saturated heterocycles. The first-order valence-corrected chi connectivity index (χ1v) is 12.2. The van der Waals surface area contributed by atoms with Crippen LogP contribution in [0.1, 0.15) is 37.0 Å². The Morgan fingerprint density at radius 3 is 2.25 bits per heavy atom. The van der Waals surface area contributed by atoms with E-state index in [9.17, 15) is 14.4 Å². The Balaban J connectivity index is 0.000000308. The minimum Gasteiger partial charge on any atom is -0.479 e. The van der Waals surface area contributed by atoms with Gasteiger partial charge in [0.1, 0.15) is 0 Å². The van der Waals surface area contributed by atoms with Gasteiger partial charge in [0.25, 0.3) is 0 Å².